The first-order chi connectivity index (χ1) is 8.20. The lowest BCUT2D eigenvalue weighted by Crippen LogP contribution is -2.45. The van der Waals surface area contributed by atoms with Crippen molar-refractivity contribution in [2.24, 2.45) is 0 Å². The highest BCUT2D eigenvalue weighted by atomic mass is 19.1. The minimum Gasteiger partial charge on any atom is -0.388 e. The summed E-state index contributed by atoms with van der Waals surface area (Å²) < 4.78 is 13.1. The number of aliphatic hydroxyl groups excluding tert-OH is 1. The van der Waals surface area contributed by atoms with Crippen molar-refractivity contribution in [2.45, 2.75) is 25.1 Å². The van der Waals surface area contributed by atoms with E-state index in [1.165, 1.54) is 0 Å². The molecule has 1 aliphatic heterocycles. The Labute approximate surface area is 101 Å². The van der Waals surface area contributed by atoms with Crippen molar-refractivity contribution in [3.8, 4) is 0 Å². The van der Waals surface area contributed by atoms with Gasteiger partial charge >= 0.3 is 0 Å². The molecule has 0 saturated carbocycles. The third-order valence-electron chi connectivity index (χ3n) is 3.03. The number of halogens is 1. The quantitative estimate of drug-likeness (QED) is 0.812. The van der Waals surface area contributed by atoms with E-state index in [0.717, 1.165) is 17.8 Å². The van der Waals surface area contributed by atoms with Gasteiger partial charge in [-0.2, -0.15) is 0 Å². The van der Waals surface area contributed by atoms with E-state index in [0.29, 0.717) is 19.5 Å². The monoisotopic (exact) mass is 236 g/mol. The second kappa shape index (κ2) is 5.27. The molecule has 1 fully saturated rings. The number of allylic oxidation sites excluding steroid dienone is 1. The summed E-state index contributed by atoms with van der Waals surface area (Å²) in [7, 11) is 0. The largest absolute Gasteiger partial charge is 0.388 e. The van der Waals surface area contributed by atoms with Gasteiger partial charge in [-0.15, -0.1) is 6.58 Å². The number of hydrogen-bond donors (Lipinski definition) is 1. The number of anilines is 1. The summed E-state index contributed by atoms with van der Waals surface area (Å²) in [6.07, 6.45) is 2.70. The van der Waals surface area contributed by atoms with E-state index in [-0.39, 0.29) is 0 Å². The Morgan fingerprint density at radius 2 is 2.41 bits per heavy atom. The van der Waals surface area contributed by atoms with Crippen LogP contribution in [0.2, 0.25) is 0 Å². The van der Waals surface area contributed by atoms with Gasteiger partial charge in [0.2, 0.25) is 0 Å². The first-order valence-electron chi connectivity index (χ1n) is 5.83. The van der Waals surface area contributed by atoms with Crippen LogP contribution in [-0.4, -0.2) is 35.5 Å². The van der Waals surface area contributed by atoms with Gasteiger partial charge in [-0.1, -0.05) is 6.08 Å². The highest BCUT2D eigenvalue weighted by Gasteiger charge is 2.27. The second-order valence-corrected chi connectivity index (χ2v) is 4.32. The fourth-order valence-electron chi connectivity index (χ4n) is 2.01. The van der Waals surface area contributed by atoms with Gasteiger partial charge in [-0.25, -0.2) is 4.39 Å². The Kier molecular flexibility index (Phi) is 3.74. The van der Waals surface area contributed by atoms with E-state index in [1.807, 2.05) is 17.0 Å². The van der Waals surface area contributed by atoms with E-state index in [9.17, 15) is 9.50 Å². The minimum absolute atomic E-state index is 0.337. The van der Waals surface area contributed by atoms with Crippen LogP contribution in [0.4, 0.5) is 10.1 Å². The van der Waals surface area contributed by atoms with Gasteiger partial charge in [0.1, 0.15) is 12.3 Å². The van der Waals surface area contributed by atoms with E-state index >= 15 is 0 Å². The molecule has 4 heteroatoms. The molecule has 0 unspecified atom stereocenters. The first-order valence-corrected chi connectivity index (χ1v) is 5.83. The number of hydrogen-bond acceptors (Lipinski definition) is 3. The molecule has 1 aromatic heterocycles. The van der Waals surface area contributed by atoms with Gasteiger partial charge in [0.25, 0.3) is 0 Å². The fourth-order valence-corrected chi connectivity index (χ4v) is 2.01. The van der Waals surface area contributed by atoms with Gasteiger partial charge in [0.15, 0.2) is 0 Å². The number of β-amino-alcohol motifs (C(OH)–C–C–N with tert-alkyl or cyclic N) is 1. The molecular weight excluding hydrogens is 219 g/mol. The molecule has 0 aliphatic carbocycles. The topological polar surface area (TPSA) is 36.4 Å². The zero-order valence-electron chi connectivity index (χ0n) is 9.72. The smallest absolute Gasteiger partial charge is 0.129 e. The lowest BCUT2D eigenvalue weighted by Gasteiger charge is -2.33. The van der Waals surface area contributed by atoms with Crippen molar-refractivity contribution >= 4 is 5.69 Å². The molecule has 3 nitrogen and oxygen atoms in total. The number of aromatic nitrogens is 1. The Hall–Kier alpha value is -1.42. The molecule has 0 radical (unpaired) electrons. The van der Waals surface area contributed by atoms with Crippen LogP contribution in [-0.2, 0) is 6.42 Å². The van der Waals surface area contributed by atoms with Crippen LogP contribution < -0.4 is 4.90 Å². The lowest BCUT2D eigenvalue weighted by molar-refractivity contribution is 0.0645. The number of alkyl halides is 1. The fraction of sp³-hybridized carbons (Fsp3) is 0.462. The third-order valence-corrected chi connectivity index (χ3v) is 3.03. The first kappa shape index (κ1) is 12.0. The summed E-state index contributed by atoms with van der Waals surface area (Å²) >= 11 is 0. The molecule has 0 amide bonds. The number of piperidine rings is 1. The summed E-state index contributed by atoms with van der Waals surface area (Å²) in [5, 5.41) is 9.50. The lowest BCUT2D eigenvalue weighted by atomic mass is 10.1. The van der Waals surface area contributed by atoms with Crippen molar-refractivity contribution in [3.63, 3.8) is 0 Å². The highest BCUT2D eigenvalue weighted by Crippen LogP contribution is 2.21. The predicted molar refractivity (Wildman–Crippen MR) is 65.9 cm³/mol. The van der Waals surface area contributed by atoms with E-state index in [1.54, 1.807) is 12.3 Å². The van der Waals surface area contributed by atoms with Crippen LogP contribution in [0.15, 0.2) is 31.0 Å². The van der Waals surface area contributed by atoms with E-state index < -0.39 is 12.3 Å². The molecule has 17 heavy (non-hydrogen) atoms. The van der Waals surface area contributed by atoms with Crippen LogP contribution in [0, 0.1) is 0 Å². The SMILES string of the molecule is C=CCc1ccc(N2CC[C@@H](F)[C@@H](O)C2)cn1. The standard InChI is InChI=1S/C13H17FN2O/c1-2-3-10-4-5-11(8-15-10)16-7-6-12(14)13(17)9-16/h2,4-5,8,12-13,17H,1,3,6-7,9H2/t12-,13+/m1/s1. The van der Waals surface area contributed by atoms with Gasteiger partial charge in [-0.3, -0.25) is 4.98 Å². The maximum atomic E-state index is 13.1. The zero-order chi connectivity index (χ0) is 12.3. The molecule has 1 aliphatic rings. The van der Waals surface area contributed by atoms with Crippen LogP contribution >= 0.6 is 0 Å². The van der Waals surface area contributed by atoms with Crippen molar-refractivity contribution in [3.05, 3.63) is 36.7 Å². The summed E-state index contributed by atoms with van der Waals surface area (Å²) in [4.78, 5) is 6.26. The molecule has 1 N–H and O–H groups in total. The van der Waals surface area contributed by atoms with Crippen LogP contribution in [0.3, 0.4) is 0 Å². The van der Waals surface area contributed by atoms with Crippen molar-refractivity contribution in [2.75, 3.05) is 18.0 Å². The Morgan fingerprint density at radius 1 is 1.59 bits per heavy atom. The van der Waals surface area contributed by atoms with Crippen LogP contribution in [0.1, 0.15) is 12.1 Å². The Bertz CT molecular complexity index is 380. The van der Waals surface area contributed by atoms with Crippen molar-refractivity contribution in [1.29, 1.82) is 0 Å². The summed E-state index contributed by atoms with van der Waals surface area (Å²) in [5.74, 6) is 0. The van der Waals surface area contributed by atoms with Crippen molar-refractivity contribution < 1.29 is 9.50 Å². The van der Waals surface area contributed by atoms with Gasteiger partial charge < -0.3 is 10.0 Å². The number of nitrogens with zero attached hydrogens (tertiary/aromatic N) is 2. The Balaban J connectivity index is 2.04. The number of rotatable bonds is 3. The van der Waals surface area contributed by atoms with E-state index in [2.05, 4.69) is 11.6 Å². The normalized spacial score (nSPS) is 24.7. The molecule has 2 atom stereocenters. The predicted octanol–water partition coefficient (Wildman–Crippen LogP) is 1.72. The zero-order valence-corrected chi connectivity index (χ0v) is 9.72. The number of aliphatic hydroxyl groups is 1. The molecule has 0 spiro atoms. The molecule has 0 aromatic carbocycles. The van der Waals surface area contributed by atoms with Gasteiger partial charge in [0.05, 0.1) is 11.9 Å². The molecule has 1 saturated heterocycles. The summed E-state index contributed by atoms with van der Waals surface area (Å²) in [6.45, 7) is 4.62. The summed E-state index contributed by atoms with van der Waals surface area (Å²) in [6, 6.07) is 3.89. The maximum Gasteiger partial charge on any atom is 0.129 e. The molecule has 1 aromatic rings. The van der Waals surface area contributed by atoms with Crippen LogP contribution in [0.25, 0.3) is 0 Å². The molecule has 0 bridgehead atoms. The molecule has 2 heterocycles. The third kappa shape index (κ3) is 2.82. The minimum atomic E-state index is -1.10. The van der Waals surface area contributed by atoms with Crippen molar-refractivity contribution in [1.82, 2.24) is 4.98 Å². The molecular formula is C13H17FN2O. The maximum absolute atomic E-state index is 13.1. The van der Waals surface area contributed by atoms with Gasteiger partial charge in [-0.05, 0) is 18.6 Å². The van der Waals surface area contributed by atoms with Crippen LogP contribution in [0.5, 0.6) is 0 Å². The second-order valence-electron chi connectivity index (χ2n) is 4.32. The highest BCUT2D eigenvalue weighted by molar-refractivity contribution is 5.45. The average Bonchev–Trinajstić information content (AvgIpc) is 2.34. The van der Waals surface area contributed by atoms with E-state index in [4.69, 9.17) is 0 Å². The van der Waals surface area contributed by atoms with Gasteiger partial charge in [0, 0.05) is 25.2 Å². The molecule has 92 valence electrons. The summed E-state index contributed by atoms with van der Waals surface area (Å²) in [5.41, 5.74) is 1.90. The average molecular weight is 236 g/mol. The molecule has 2 rings (SSSR count). The Morgan fingerprint density at radius 3 is 3.00 bits per heavy atom. The number of pyridine rings is 1.